The second-order valence-corrected chi connectivity index (χ2v) is 5.20. The van der Waals surface area contributed by atoms with Crippen molar-refractivity contribution in [3.63, 3.8) is 0 Å². The number of carboxylic acid groups (broad SMARTS) is 2. The number of hydrogen-bond acceptors (Lipinski definition) is 6. The molecule has 0 saturated carbocycles. The topological polar surface area (TPSA) is 124 Å². The summed E-state index contributed by atoms with van der Waals surface area (Å²) in [5, 5.41) is 27.1. The van der Waals surface area contributed by atoms with Crippen molar-refractivity contribution in [2.75, 3.05) is 33.4 Å². The molecular formula is C10H22N2O5S. The van der Waals surface area contributed by atoms with Gasteiger partial charge in [0.05, 0.1) is 21.1 Å². The van der Waals surface area contributed by atoms with E-state index in [2.05, 4.69) is 12.6 Å². The summed E-state index contributed by atoms with van der Waals surface area (Å²) < 4.78 is 0.550. The molecule has 18 heavy (non-hydrogen) atoms. The largest absolute Gasteiger partial charge is 0.550 e. The number of carbonyl (C=O) groups is 2. The molecule has 0 aromatic heterocycles. The van der Waals surface area contributed by atoms with Crippen molar-refractivity contribution < 1.29 is 29.4 Å². The quantitative estimate of drug-likeness (QED) is 0.316. The molecule has 108 valence electrons. The van der Waals surface area contributed by atoms with Crippen LogP contribution in [0.3, 0.4) is 0 Å². The highest BCUT2D eigenvalue weighted by Gasteiger charge is 2.14. The molecule has 0 aromatic carbocycles. The maximum absolute atomic E-state index is 10.0. The number of likely N-dealkylation sites (N-methyl/N-ethyl adjacent to an activating group) is 1. The number of hydrogen-bond donors (Lipinski definition) is 4. The van der Waals surface area contributed by atoms with Crippen LogP contribution in [-0.2, 0) is 9.59 Å². The van der Waals surface area contributed by atoms with E-state index in [9.17, 15) is 14.7 Å². The van der Waals surface area contributed by atoms with Gasteiger partial charge in [0.15, 0.2) is 0 Å². The van der Waals surface area contributed by atoms with Crippen molar-refractivity contribution in [2.24, 2.45) is 5.73 Å². The van der Waals surface area contributed by atoms with E-state index in [0.29, 0.717) is 11.0 Å². The highest BCUT2D eigenvalue weighted by Crippen LogP contribution is 1.97. The molecule has 4 N–H and O–H groups in total. The van der Waals surface area contributed by atoms with Crippen LogP contribution in [0, 0.1) is 0 Å². The summed E-state index contributed by atoms with van der Waals surface area (Å²) in [6, 6.07) is -0.816. The lowest BCUT2D eigenvalue weighted by atomic mass is 10.2. The van der Waals surface area contributed by atoms with Gasteiger partial charge in [-0.05, 0) is 0 Å². The van der Waals surface area contributed by atoms with E-state index in [4.69, 9.17) is 15.9 Å². The predicted molar refractivity (Wildman–Crippen MR) is 68.0 cm³/mol. The monoisotopic (exact) mass is 282 g/mol. The normalized spacial score (nSPS) is 14.1. The van der Waals surface area contributed by atoms with Crippen LogP contribution in [0.25, 0.3) is 0 Å². The smallest absolute Gasteiger partial charge is 0.321 e. The average Bonchev–Trinajstić information content (AvgIpc) is 2.12. The molecule has 0 fully saturated rings. The van der Waals surface area contributed by atoms with E-state index < -0.39 is 24.1 Å². The molecule has 0 saturated heterocycles. The second-order valence-electron chi connectivity index (χ2n) is 4.83. The first-order chi connectivity index (χ1) is 7.99. The van der Waals surface area contributed by atoms with Gasteiger partial charge < -0.3 is 30.3 Å². The summed E-state index contributed by atoms with van der Waals surface area (Å²) in [7, 11) is 5.66. The Morgan fingerprint density at radius 1 is 1.39 bits per heavy atom. The van der Waals surface area contributed by atoms with E-state index in [1.807, 2.05) is 21.1 Å². The van der Waals surface area contributed by atoms with Crippen molar-refractivity contribution in [3.05, 3.63) is 0 Å². The third-order valence-electron chi connectivity index (χ3n) is 1.67. The molecule has 0 rings (SSSR count). The number of nitrogens with zero attached hydrogens (tertiary/aromatic N) is 1. The third-order valence-corrected chi connectivity index (χ3v) is 2.07. The number of aliphatic carboxylic acids is 2. The number of quaternary nitrogens is 1. The number of rotatable bonds is 6. The Balaban J connectivity index is 0. The summed E-state index contributed by atoms with van der Waals surface area (Å²) in [5.74, 6) is -2.02. The molecule has 0 radical (unpaired) electrons. The van der Waals surface area contributed by atoms with Crippen LogP contribution in [0.1, 0.15) is 6.42 Å². The summed E-state index contributed by atoms with van der Waals surface area (Å²) in [6.07, 6.45) is -1.09. The Hall–Kier alpha value is -0.830. The summed E-state index contributed by atoms with van der Waals surface area (Å²) >= 11 is 3.65. The van der Waals surface area contributed by atoms with Gasteiger partial charge >= 0.3 is 5.97 Å². The fraction of sp³-hybridized carbons (Fsp3) is 0.800. The zero-order chi connectivity index (χ0) is 14.9. The highest BCUT2D eigenvalue weighted by molar-refractivity contribution is 7.80. The average molecular weight is 282 g/mol. The van der Waals surface area contributed by atoms with Crippen LogP contribution in [0.2, 0.25) is 0 Å². The first kappa shape index (κ1) is 19.5. The standard InChI is InChI=1S/C7H15NO3.C3H7NO2S/c1-8(2,3)5-6(9)4-7(10)11;4-2(1-7)3(5)6/h6,9H,4-5H2,1-3H3;2,7H,1,4H2,(H,5,6). The van der Waals surface area contributed by atoms with Crippen LogP contribution < -0.4 is 10.8 Å². The van der Waals surface area contributed by atoms with Crippen molar-refractivity contribution in [1.82, 2.24) is 0 Å². The van der Waals surface area contributed by atoms with E-state index in [1.165, 1.54) is 0 Å². The lowest BCUT2D eigenvalue weighted by Gasteiger charge is -2.26. The lowest BCUT2D eigenvalue weighted by Crippen LogP contribution is -2.43. The maximum atomic E-state index is 10.0. The first-order valence-corrected chi connectivity index (χ1v) is 5.90. The van der Waals surface area contributed by atoms with Gasteiger partial charge in [-0.3, -0.25) is 4.79 Å². The molecule has 0 heterocycles. The van der Waals surface area contributed by atoms with Gasteiger partial charge in [-0.25, -0.2) is 0 Å². The molecule has 0 aromatic rings. The molecule has 7 nitrogen and oxygen atoms in total. The molecule has 0 bridgehead atoms. The van der Waals surface area contributed by atoms with Gasteiger partial charge in [0.2, 0.25) is 0 Å². The number of nitrogens with two attached hydrogens (primary N) is 1. The van der Waals surface area contributed by atoms with E-state index in [0.717, 1.165) is 0 Å². The maximum Gasteiger partial charge on any atom is 0.321 e. The van der Waals surface area contributed by atoms with Crippen molar-refractivity contribution in [2.45, 2.75) is 18.6 Å². The molecule has 2 unspecified atom stereocenters. The Labute approximate surface area is 112 Å². The van der Waals surface area contributed by atoms with Gasteiger partial charge in [0.1, 0.15) is 18.7 Å². The zero-order valence-electron chi connectivity index (χ0n) is 10.9. The van der Waals surface area contributed by atoms with Gasteiger partial charge in [-0.15, -0.1) is 0 Å². The number of aliphatic hydroxyl groups excluding tert-OH is 1. The summed E-state index contributed by atoms with van der Waals surface area (Å²) in [6.45, 7) is 0.425. The predicted octanol–water partition coefficient (Wildman–Crippen LogP) is -2.48. The molecule has 0 amide bonds. The molecule has 8 heteroatoms. The van der Waals surface area contributed by atoms with Gasteiger partial charge in [0.25, 0.3) is 0 Å². The Bertz CT molecular complexity index is 267. The van der Waals surface area contributed by atoms with Gasteiger partial charge in [0, 0.05) is 18.1 Å². The minimum atomic E-state index is -1.20. The fourth-order valence-electron chi connectivity index (χ4n) is 0.967. The van der Waals surface area contributed by atoms with Crippen molar-refractivity contribution in [1.29, 1.82) is 0 Å². The molecule has 2 atom stereocenters. The van der Waals surface area contributed by atoms with Crippen LogP contribution in [0.4, 0.5) is 0 Å². The van der Waals surface area contributed by atoms with Crippen LogP contribution in [0.5, 0.6) is 0 Å². The summed E-state index contributed by atoms with van der Waals surface area (Å²) in [5.41, 5.74) is 4.94. The zero-order valence-corrected chi connectivity index (χ0v) is 11.8. The van der Waals surface area contributed by atoms with Gasteiger partial charge in [-0.2, -0.15) is 12.6 Å². The molecular weight excluding hydrogens is 260 g/mol. The Morgan fingerprint density at radius 3 is 2.00 bits per heavy atom. The van der Waals surface area contributed by atoms with Crippen LogP contribution >= 0.6 is 12.6 Å². The van der Waals surface area contributed by atoms with Crippen LogP contribution in [0.15, 0.2) is 0 Å². The van der Waals surface area contributed by atoms with Gasteiger partial charge in [-0.1, -0.05) is 0 Å². The van der Waals surface area contributed by atoms with Crippen molar-refractivity contribution in [3.8, 4) is 0 Å². The number of carbonyl (C=O) groups excluding carboxylic acids is 1. The number of carboxylic acids is 2. The third kappa shape index (κ3) is 15.2. The Kier molecular flexibility index (Phi) is 9.91. The first-order valence-electron chi connectivity index (χ1n) is 5.27. The van der Waals surface area contributed by atoms with Crippen molar-refractivity contribution >= 4 is 24.6 Å². The second kappa shape index (κ2) is 9.15. The molecule has 0 aliphatic rings. The lowest BCUT2D eigenvalue weighted by molar-refractivity contribution is -0.873. The number of aliphatic hydroxyl groups is 1. The summed E-state index contributed by atoms with van der Waals surface area (Å²) in [4.78, 5) is 19.8. The van der Waals surface area contributed by atoms with E-state index >= 15 is 0 Å². The molecule has 0 spiro atoms. The highest BCUT2D eigenvalue weighted by atomic mass is 32.1. The van der Waals surface area contributed by atoms with E-state index in [1.54, 1.807) is 0 Å². The number of thiol groups is 1. The van der Waals surface area contributed by atoms with Crippen LogP contribution in [-0.4, -0.2) is 72.2 Å². The molecule has 0 aliphatic heterocycles. The van der Waals surface area contributed by atoms with E-state index in [-0.39, 0.29) is 12.2 Å². The fourth-order valence-corrected chi connectivity index (χ4v) is 1.12. The minimum Gasteiger partial charge on any atom is -0.550 e. The molecule has 0 aliphatic carbocycles. The Morgan fingerprint density at radius 2 is 1.83 bits per heavy atom. The minimum absolute atomic E-state index is 0.190. The SMILES string of the molecule is C[N+](C)(C)CC(O)CC(=O)[O-].NC(CS)C(=O)O.